The van der Waals surface area contributed by atoms with E-state index in [1.807, 2.05) is 13.0 Å². The molecule has 1 fully saturated rings. The maximum atomic E-state index is 13.0. The van der Waals surface area contributed by atoms with E-state index in [1.165, 1.54) is 12.1 Å². The molecule has 1 atom stereocenters. The number of carbonyl (C=O) groups is 1. The summed E-state index contributed by atoms with van der Waals surface area (Å²) in [5, 5.41) is 7.32. The van der Waals surface area contributed by atoms with Gasteiger partial charge in [-0.15, -0.1) is 0 Å². The summed E-state index contributed by atoms with van der Waals surface area (Å²) in [5.74, 6) is 0.139. The average Bonchev–Trinajstić information content (AvgIpc) is 3.05. The Bertz CT molecular complexity index is 691. The summed E-state index contributed by atoms with van der Waals surface area (Å²) in [6, 6.07) is 7.88. The first-order valence-electron chi connectivity index (χ1n) is 8.22. The van der Waals surface area contributed by atoms with E-state index in [9.17, 15) is 9.18 Å². The number of rotatable bonds is 5. The van der Waals surface area contributed by atoms with Crippen LogP contribution in [0.5, 0.6) is 0 Å². The summed E-state index contributed by atoms with van der Waals surface area (Å²) < 4.78 is 23.7. The highest BCUT2D eigenvalue weighted by Crippen LogP contribution is 2.33. The van der Waals surface area contributed by atoms with Crippen molar-refractivity contribution in [2.45, 2.75) is 26.2 Å². The average molecular weight is 332 g/mol. The van der Waals surface area contributed by atoms with Gasteiger partial charge < -0.3 is 14.6 Å². The van der Waals surface area contributed by atoms with Gasteiger partial charge in [0.05, 0.1) is 12.0 Å². The van der Waals surface area contributed by atoms with Crippen LogP contribution in [0, 0.1) is 11.2 Å². The molecule has 2 aromatic rings. The molecule has 1 aliphatic rings. The number of halogens is 1. The lowest BCUT2D eigenvalue weighted by atomic mass is 9.77. The van der Waals surface area contributed by atoms with Crippen molar-refractivity contribution in [3.63, 3.8) is 0 Å². The van der Waals surface area contributed by atoms with Crippen molar-refractivity contribution in [3.8, 4) is 11.3 Å². The van der Waals surface area contributed by atoms with Gasteiger partial charge in [0.1, 0.15) is 17.3 Å². The molecule has 6 heteroatoms. The second kappa shape index (κ2) is 7.13. The van der Waals surface area contributed by atoms with Gasteiger partial charge in [0.25, 0.3) is 0 Å². The molecule has 0 spiro atoms. The topological polar surface area (TPSA) is 64.4 Å². The molecule has 3 rings (SSSR count). The number of benzene rings is 1. The number of ether oxygens (including phenoxy) is 1. The Balaban J connectivity index is 1.80. The highest BCUT2D eigenvalue weighted by Gasteiger charge is 2.42. The van der Waals surface area contributed by atoms with Crippen molar-refractivity contribution in [2.24, 2.45) is 5.41 Å². The van der Waals surface area contributed by atoms with E-state index in [1.54, 1.807) is 12.1 Å². The van der Waals surface area contributed by atoms with Crippen LogP contribution in [0.15, 0.2) is 34.9 Å². The number of aromatic nitrogens is 1. The number of piperidine rings is 1. The summed E-state index contributed by atoms with van der Waals surface area (Å²) in [5.41, 5.74) is 0.791. The molecule has 0 aliphatic carbocycles. The molecule has 1 N–H and O–H groups in total. The summed E-state index contributed by atoms with van der Waals surface area (Å²) in [6.45, 7) is 3.64. The predicted molar refractivity (Wildman–Crippen MR) is 86.8 cm³/mol. The molecule has 128 valence electrons. The Morgan fingerprint density at radius 3 is 2.88 bits per heavy atom. The Labute approximate surface area is 140 Å². The standard InChI is InChI=1S/C18H21FN2O3/c1-2-23-17(22)18(8-3-9-20-12-18)11-15-10-16(21-24-15)13-4-6-14(19)7-5-13/h4-7,10,20H,2-3,8-9,11-12H2,1H3/t18-/m1/s1. The van der Waals surface area contributed by atoms with Gasteiger partial charge in [0, 0.05) is 24.6 Å². The Kier molecular flexibility index (Phi) is 4.94. The van der Waals surface area contributed by atoms with Gasteiger partial charge in [-0.3, -0.25) is 4.79 Å². The first-order chi connectivity index (χ1) is 11.6. The lowest BCUT2D eigenvalue weighted by molar-refractivity contribution is -0.156. The quantitative estimate of drug-likeness (QED) is 0.853. The third kappa shape index (κ3) is 3.48. The summed E-state index contributed by atoms with van der Waals surface area (Å²) >= 11 is 0. The fourth-order valence-corrected chi connectivity index (χ4v) is 3.14. The van der Waals surface area contributed by atoms with Crippen LogP contribution in [0.1, 0.15) is 25.5 Å². The van der Waals surface area contributed by atoms with Crippen LogP contribution in [-0.4, -0.2) is 30.8 Å². The van der Waals surface area contributed by atoms with Crippen molar-refractivity contribution in [1.82, 2.24) is 10.5 Å². The van der Waals surface area contributed by atoms with Gasteiger partial charge in [0.2, 0.25) is 0 Å². The number of esters is 1. The summed E-state index contributed by atoms with van der Waals surface area (Å²) in [4.78, 5) is 12.5. The minimum atomic E-state index is -0.617. The number of nitrogens with zero attached hydrogens (tertiary/aromatic N) is 1. The zero-order valence-corrected chi connectivity index (χ0v) is 13.7. The minimum Gasteiger partial charge on any atom is -0.466 e. The van der Waals surface area contributed by atoms with Crippen molar-refractivity contribution in [3.05, 3.63) is 41.9 Å². The largest absolute Gasteiger partial charge is 0.466 e. The van der Waals surface area contributed by atoms with E-state index < -0.39 is 5.41 Å². The Morgan fingerprint density at radius 2 is 2.21 bits per heavy atom. The number of hydrogen-bond donors (Lipinski definition) is 1. The van der Waals surface area contributed by atoms with Gasteiger partial charge in [-0.05, 0) is 50.6 Å². The predicted octanol–water partition coefficient (Wildman–Crippen LogP) is 2.96. The van der Waals surface area contributed by atoms with E-state index in [0.717, 1.165) is 24.9 Å². The molecule has 1 saturated heterocycles. The smallest absolute Gasteiger partial charge is 0.313 e. The van der Waals surface area contributed by atoms with Crippen LogP contribution in [0.3, 0.4) is 0 Å². The van der Waals surface area contributed by atoms with Crippen molar-refractivity contribution >= 4 is 5.97 Å². The lowest BCUT2D eigenvalue weighted by Crippen LogP contribution is -2.47. The van der Waals surface area contributed by atoms with Crippen LogP contribution in [0.2, 0.25) is 0 Å². The molecular weight excluding hydrogens is 311 g/mol. The van der Waals surface area contributed by atoms with E-state index in [0.29, 0.717) is 31.0 Å². The second-order valence-corrected chi connectivity index (χ2v) is 6.14. The fraction of sp³-hybridized carbons (Fsp3) is 0.444. The van der Waals surface area contributed by atoms with E-state index in [2.05, 4.69) is 10.5 Å². The molecule has 0 radical (unpaired) electrons. The molecule has 5 nitrogen and oxygen atoms in total. The number of nitrogens with one attached hydrogen (secondary N) is 1. The minimum absolute atomic E-state index is 0.197. The summed E-state index contributed by atoms with van der Waals surface area (Å²) in [6.07, 6.45) is 2.11. The second-order valence-electron chi connectivity index (χ2n) is 6.14. The van der Waals surface area contributed by atoms with Crippen molar-refractivity contribution in [2.75, 3.05) is 19.7 Å². The van der Waals surface area contributed by atoms with Crippen molar-refractivity contribution < 1.29 is 18.4 Å². The molecule has 2 heterocycles. The van der Waals surface area contributed by atoms with Gasteiger partial charge in [-0.25, -0.2) is 4.39 Å². The molecule has 0 saturated carbocycles. The van der Waals surface area contributed by atoms with Crippen LogP contribution < -0.4 is 5.32 Å². The summed E-state index contributed by atoms with van der Waals surface area (Å²) in [7, 11) is 0. The zero-order valence-electron chi connectivity index (χ0n) is 13.7. The van der Waals surface area contributed by atoms with Crippen molar-refractivity contribution in [1.29, 1.82) is 0 Å². The molecule has 0 amide bonds. The first kappa shape index (κ1) is 16.6. The highest BCUT2D eigenvalue weighted by molar-refractivity contribution is 5.77. The van der Waals surface area contributed by atoms with Crippen LogP contribution in [0.25, 0.3) is 11.3 Å². The molecule has 1 aromatic carbocycles. The SMILES string of the molecule is CCOC(=O)[C@@]1(Cc2cc(-c3ccc(F)cc3)no2)CCCNC1. The fourth-order valence-electron chi connectivity index (χ4n) is 3.14. The monoisotopic (exact) mass is 332 g/mol. The molecular formula is C18H21FN2O3. The zero-order chi connectivity index (χ0) is 17.0. The maximum Gasteiger partial charge on any atom is 0.313 e. The van der Waals surface area contributed by atoms with Gasteiger partial charge in [-0.1, -0.05) is 5.16 Å². The molecule has 1 aromatic heterocycles. The molecule has 0 unspecified atom stereocenters. The Hall–Kier alpha value is -2.21. The molecule has 0 bridgehead atoms. The van der Waals surface area contributed by atoms with E-state index >= 15 is 0 Å². The first-order valence-corrected chi connectivity index (χ1v) is 8.22. The number of hydrogen-bond acceptors (Lipinski definition) is 5. The van der Waals surface area contributed by atoms with Gasteiger partial charge in [0.15, 0.2) is 0 Å². The van der Waals surface area contributed by atoms with Gasteiger partial charge in [-0.2, -0.15) is 0 Å². The van der Waals surface area contributed by atoms with E-state index in [4.69, 9.17) is 9.26 Å². The van der Waals surface area contributed by atoms with Crippen LogP contribution in [-0.2, 0) is 16.0 Å². The molecule has 1 aliphatic heterocycles. The normalized spacial score (nSPS) is 20.8. The van der Waals surface area contributed by atoms with E-state index in [-0.39, 0.29) is 11.8 Å². The third-order valence-electron chi connectivity index (χ3n) is 4.39. The van der Waals surface area contributed by atoms with Crippen LogP contribution in [0.4, 0.5) is 4.39 Å². The third-order valence-corrected chi connectivity index (χ3v) is 4.39. The van der Waals surface area contributed by atoms with Crippen LogP contribution >= 0.6 is 0 Å². The maximum absolute atomic E-state index is 13.0. The Morgan fingerprint density at radius 1 is 1.42 bits per heavy atom. The lowest BCUT2D eigenvalue weighted by Gasteiger charge is -2.34. The van der Waals surface area contributed by atoms with Gasteiger partial charge >= 0.3 is 5.97 Å². The molecule has 24 heavy (non-hydrogen) atoms. The number of carbonyl (C=O) groups excluding carboxylic acids is 1. The highest BCUT2D eigenvalue weighted by atomic mass is 19.1.